The van der Waals surface area contributed by atoms with E-state index in [4.69, 9.17) is 4.74 Å². The number of ether oxygens (including phenoxy) is 1. The highest BCUT2D eigenvalue weighted by Gasteiger charge is 2.33. The highest BCUT2D eigenvalue weighted by atomic mass is 16.5. The number of nitrogens with one attached hydrogen (secondary N) is 1. The fourth-order valence-electron chi connectivity index (χ4n) is 4.46. The minimum atomic E-state index is 0.398. The molecule has 0 amide bonds. The number of hydrogen-bond acceptors (Lipinski definition) is 3. The zero-order valence-corrected chi connectivity index (χ0v) is 12.6. The SMILES string of the molecule is CC1CN(CC2CCC3CCCCC3N2)CC(C)O1. The molecule has 2 saturated heterocycles. The fourth-order valence-corrected chi connectivity index (χ4v) is 4.46. The molecule has 2 aliphatic heterocycles. The molecule has 0 aromatic carbocycles. The maximum absolute atomic E-state index is 5.83. The lowest BCUT2D eigenvalue weighted by atomic mass is 9.77. The van der Waals surface area contributed by atoms with Crippen LogP contribution in [0.1, 0.15) is 52.4 Å². The molecule has 19 heavy (non-hydrogen) atoms. The van der Waals surface area contributed by atoms with Gasteiger partial charge in [-0.3, -0.25) is 4.90 Å². The quantitative estimate of drug-likeness (QED) is 0.830. The van der Waals surface area contributed by atoms with Crippen LogP contribution in [0.3, 0.4) is 0 Å². The Labute approximate surface area is 118 Å². The van der Waals surface area contributed by atoms with Crippen LogP contribution in [0.4, 0.5) is 0 Å². The second kappa shape index (κ2) is 6.11. The van der Waals surface area contributed by atoms with Crippen molar-refractivity contribution in [3.63, 3.8) is 0 Å². The van der Waals surface area contributed by atoms with Gasteiger partial charge in [0, 0.05) is 31.7 Å². The highest BCUT2D eigenvalue weighted by molar-refractivity contribution is 4.91. The van der Waals surface area contributed by atoms with Crippen molar-refractivity contribution >= 4 is 0 Å². The monoisotopic (exact) mass is 266 g/mol. The van der Waals surface area contributed by atoms with Gasteiger partial charge in [0.25, 0.3) is 0 Å². The fraction of sp³-hybridized carbons (Fsp3) is 1.00. The molecule has 0 aromatic rings. The number of hydrogen-bond donors (Lipinski definition) is 1. The van der Waals surface area contributed by atoms with Gasteiger partial charge in [-0.05, 0) is 45.4 Å². The van der Waals surface area contributed by atoms with Crippen LogP contribution < -0.4 is 5.32 Å². The molecule has 3 heteroatoms. The Hall–Kier alpha value is -0.120. The molecule has 3 fully saturated rings. The first-order valence-electron chi connectivity index (χ1n) is 8.34. The zero-order valence-electron chi connectivity index (χ0n) is 12.6. The summed E-state index contributed by atoms with van der Waals surface area (Å²) in [5, 5.41) is 3.95. The molecule has 110 valence electrons. The molecule has 3 rings (SSSR count). The summed E-state index contributed by atoms with van der Waals surface area (Å²) in [7, 11) is 0. The predicted molar refractivity (Wildman–Crippen MR) is 78.4 cm³/mol. The van der Waals surface area contributed by atoms with Crippen LogP contribution in [0.25, 0.3) is 0 Å². The first kappa shape index (κ1) is 13.8. The Bertz CT molecular complexity index is 286. The lowest BCUT2D eigenvalue weighted by Gasteiger charge is -2.43. The van der Waals surface area contributed by atoms with Gasteiger partial charge in [-0.2, -0.15) is 0 Å². The first-order valence-corrected chi connectivity index (χ1v) is 8.34. The third-order valence-electron chi connectivity index (χ3n) is 5.22. The van der Waals surface area contributed by atoms with E-state index in [-0.39, 0.29) is 0 Å². The maximum atomic E-state index is 5.83. The highest BCUT2D eigenvalue weighted by Crippen LogP contribution is 2.32. The first-order chi connectivity index (χ1) is 9.20. The Morgan fingerprint density at radius 2 is 1.74 bits per heavy atom. The summed E-state index contributed by atoms with van der Waals surface area (Å²) in [6.07, 6.45) is 9.41. The van der Waals surface area contributed by atoms with Crippen molar-refractivity contribution in [3.8, 4) is 0 Å². The molecule has 0 bridgehead atoms. The predicted octanol–water partition coefficient (Wildman–Crippen LogP) is 2.41. The lowest BCUT2D eigenvalue weighted by molar-refractivity contribution is -0.0713. The van der Waals surface area contributed by atoms with Gasteiger partial charge in [-0.15, -0.1) is 0 Å². The van der Waals surface area contributed by atoms with Crippen LogP contribution in [0.15, 0.2) is 0 Å². The summed E-state index contributed by atoms with van der Waals surface area (Å²) >= 11 is 0. The van der Waals surface area contributed by atoms with E-state index in [2.05, 4.69) is 24.1 Å². The maximum Gasteiger partial charge on any atom is 0.0678 e. The van der Waals surface area contributed by atoms with Crippen LogP contribution in [-0.2, 0) is 4.74 Å². The standard InChI is InChI=1S/C16H30N2O/c1-12-9-18(10-13(2)19-12)11-15-8-7-14-5-3-4-6-16(14)17-15/h12-17H,3-11H2,1-2H3. The smallest absolute Gasteiger partial charge is 0.0678 e. The van der Waals surface area contributed by atoms with E-state index in [1.165, 1.54) is 45.1 Å². The molecule has 2 heterocycles. The molecule has 0 aromatic heterocycles. The molecule has 0 radical (unpaired) electrons. The Morgan fingerprint density at radius 3 is 2.53 bits per heavy atom. The largest absolute Gasteiger partial charge is 0.373 e. The molecule has 1 N–H and O–H groups in total. The number of nitrogens with zero attached hydrogens (tertiary/aromatic N) is 1. The van der Waals surface area contributed by atoms with Gasteiger partial charge < -0.3 is 10.1 Å². The van der Waals surface area contributed by atoms with Crippen molar-refractivity contribution in [2.75, 3.05) is 19.6 Å². The summed E-state index contributed by atoms with van der Waals surface area (Å²) in [6, 6.07) is 1.54. The van der Waals surface area contributed by atoms with Crippen LogP contribution in [-0.4, -0.2) is 48.8 Å². The van der Waals surface area contributed by atoms with Gasteiger partial charge >= 0.3 is 0 Å². The molecule has 3 nitrogen and oxygen atoms in total. The van der Waals surface area contributed by atoms with Gasteiger partial charge in [0.2, 0.25) is 0 Å². The van der Waals surface area contributed by atoms with Gasteiger partial charge in [0.15, 0.2) is 0 Å². The van der Waals surface area contributed by atoms with Crippen LogP contribution in [0, 0.1) is 5.92 Å². The summed E-state index contributed by atoms with van der Waals surface area (Å²) in [5.74, 6) is 0.979. The van der Waals surface area contributed by atoms with Crippen molar-refractivity contribution in [3.05, 3.63) is 0 Å². The average molecular weight is 266 g/mol. The number of piperidine rings is 1. The molecule has 3 aliphatic rings. The summed E-state index contributed by atoms with van der Waals surface area (Å²) in [6.45, 7) is 7.84. The van der Waals surface area contributed by atoms with Gasteiger partial charge in [0.05, 0.1) is 12.2 Å². The third-order valence-corrected chi connectivity index (χ3v) is 5.22. The second-order valence-corrected chi connectivity index (χ2v) is 7.07. The molecule has 5 unspecified atom stereocenters. The van der Waals surface area contributed by atoms with Crippen molar-refractivity contribution in [1.82, 2.24) is 10.2 Å². The molecular formula is C16H30N2O. The van der Waals surface area contributed by atoms with Crippen LogP contribution in [0.2, 0.25) is 0 Å². The number of rotatable bonds is 2. The average Bonchev–Trinajstić information content (AvgIpc) is 2.37. The second-order valence-electron chi connectivity index (χ2n) is 7.07. The molecule has 5 atom stereocenters. The zero-order chi connectivity index (χ0) is 13.2. The summed E-state index contributed by atoms with van der Waals surface area (Å²) < 4.78 is 5.83. The molecule has 1 aliphatic carbocycles. The minimum Gasteiger partial charge on any atom is -0.373 e. The van der Waals surface area contributed by atoms with E-state index in [0.717, 1.165) is 31.1 Å². The Morgan fingerprint density at radius 1 is 1.00 bits per heavy atom. The Balaban J connectivity index is 1.50. The van der Waals surface area contributed by atoms with Gasteiger partial charge in [-0.1, -0.05) is 12.8 Å². The number of fused-ring (bicyclic) bond motifs is 1. The van der Waals surface area contributed by atoms with E-state index >= 15 is 0 Å². The van der Waals surface area contributed by atoms with Gasteiger partial charge in [0.1, 0.15) is 0 Å². The molecule has 0 spiro atoms. The third kappa shape index (κ3) is 3.50. The van der Waals surface area contributed by atoms with E-state index < -0.39 is 0 Å². The summed E-state index contributed by atoms with van der Waals surface area (Å²) in [4.78, 5) is 2.61. The van der Waals surface area contributed by atoms with Crippen molar-refractivity contribution in [1.29, 1.82) is 0 Å². The van der Waals surface area contributed by atoms with E-state index in [1.807, 2.05) is 0 Å². The summed E-state index contributed by atoms with van der Waals surface area (Å²) in [5.41, 5.74) is 0. The van der Waals surface area contributed by atoms with Gasteiger partial charge in [-0.25, -0.2) is 0 Å². The van der Waals surface area contributed by atoms with Crippen LogP contribution >= 0.6 is 0 Å². The van der Waals surface area contributed by atoms with Crippen molar-refractivity contribution in [2.45, 2.75) is 76.7 Å². The van der Waals surface area contributed by atoms with Crippen molar-refractivity contribution in [2.24, 2.45) is 5.92 Å². The minimum absolute atomic E-state index is 0.398. The molecule has 1 saturated carbocycles. The normalized spacial score (nSPS) is 44.8. The topological polar surface area (TPSA) is 24.5 Å². The Kier molecular flexibility index (Phi) is 4.45. The van der Waals surface area contributed by atoms with Crippen LogP contribution in [0.5, 0.6) is 0 Å². The van der Waals surface area contributed by atoms with Crippen molar-refractivity contribution < 1.29 is 4.74 Å². The van der Waals surface area contributed by atoms with E-state index in [1.54, 1.807) is 0 Å². The van der Waals surface area contributed by atoms with E-state index in [9.17, 15) is 0 Å². The van der Waals surface area contributed by atoms with E-state index in [0.29, 0.717) is 12.2 Å². The lowest BCUT2D eigenvalue weighted by Crippen LogP contribution is -2.55. The number of morpholine rings is 1. The molecular weight excluding hydrogens is 236 g/mol.